The molecule has 0 aliphatic carbocycles. The monoisotopic (exact) mass is 415 g/mol. The third-order valence-electron chi connectivity index (χ3n) is 3.43. The first kappa shape index (κ1) is 19.1. The van der Waals surface area contributed by atoms with E-state index in [4.69, 9.17) is 23.2 Å². The second kappa shape index (κ2) is 7.53. The molecule has 0 bridgehead atoms. The molecule has 0 unspecified atom stereocenters. The molecule has 3 aromatic rings. The molecule has 0 saturated heterocycles. The summed E-state index contributed by atoms with van der Waals surface area (Å²) in [5.74, 6) is -0.298. The molecule has 0 aromatic carbocycles. The van der Waals surface area contributed by atoms with Crippen LogP contribution in [0.15, 0.2) is 42.9 Å². The van der Waals surface area contributed by atoms with Crippen LogP contribution >= 0.6 is 23.2 Å². The van der Waals surface area contributed by atoms with E-state index >= 15 is 0 Å². The van der Waals surface area contributed by atoms with Crippen LogP contribution in [0, 0.1) is 0 Å². The first-order valence-electron chi connectivity index (χ1n) is 7.41. The van der Waals surface area contributed by atoms with Crippen molar-refractivity contribution in [2.75, 3.05) is 0 Å². The van der Waals surface area contributed by atoms with Crippen molar-refractivity contribution in [3.05, 3.63) is 69.9 Å². The summed E-state index contributed by atoms with van der Waals surface area (Å²) >= 11 is 11.9. The highest BCUT2D eigenvalue weighted by atomic mass is 35.5. The highest BCUT2D eigenvalue weighted by Gasteiger charge is 2.32. The topological polar surface area (TPSA) is 72.7 Å². The van der Waals surface area contributed by atoms with E-state index in [1.807, 2.05) is 0 Å². The van der Waals surface area contributed by atoms with Gasteiger partial charge in [0.2, 0.25) is 0 Å². The van der Waals surface area contributed by atoms with Crippen molar-refractivity contribution in [3.8, 4) is 5.82 Å². The lowest BCUT2D eigenvalue weighted by molar-refractivity contribution is -0.141. The maximum atomic E-state index is 12.5. The van der Waals surface area contributed by atoms with Crippen LogP contribution in [0.1, 0.15) is 21.7 Å². The van der Waals surface area contributed by atoms with Crippen LogP contribution in [0.2, 0.25) is 10.0 Å². The van der Waals surface area contributed by atoms with E-state index in [-0.39, 0.29) is 23.1 Å². The zero-order valence-electron chi connectivity index (χ0n) is 13.3. The van der Waals surface area contributed by atoms with E-state index in [1.54, 1.807) is 0 Å². The van der Waals surface area contributed by atoms with Crippen molar-refractivity contribution in [1.29, 1.82) is 0 Å². The average molecular weight is 416 g/mol. The molecule has 3 aromatic heterocycles. The predicted octanol–water partition coefficient (Wildman–Crippen LogP) is 3.92. The van der Waals surface area contributed by atoms with E-state index in [1.165, 1.54) is 35.3 Å². The Hall–Kier alpha value is -2.65. The zero-order valence-corrected chi connectivity index (χ0v) is 14.8. The minimum atomic E-state index is -4.51. The molecule has 1 amide bonds. The Morgan fingerprint density at radius 2 is 1.93 bits per heavy atom. The van der Waals surface area contributed by atoms with E-state index in [0.29, 0.717) is 10.6 Å². The molecule has 0 aliphatic rings. The van der Waals surface area contributed by atoms with Gasteiger partial charge < -0.3 is 5.32 Å². The second-order valence-electron chi connectivity index (χ2n) is 5.32. The Morgan fingerprint density at radius 3 is 2.56 bits per heavy atom. The van der Waals surface area contributed by atoms with Gasteiger partial charge in [0.1, 0.15) is 11.4 Å². The van der Waals surface area contributed by atoms with Gasteiger partial charge in [-0.05, 0) is 23.8 Å². The number of alkyl halides is 3. The van der Waals surface area contributed by atoms with E-state index < -0.39 is 17.8 Å². The van der Waals surface area contributed by atoms with Gasteiger partial charge in [-0.15, -0.1) is 0 Å². The number of carbonyl (C=O) groups is 1. The fraction of sp³-hybridized carbons (Fsp3) is 0.125. The van der Waals surface area contributed by atoms with Crippen LogP contribution in [-0.2, 0) is 12.7 Å². The third kappa shape index (κ3) is 4.37. The second-order valence-corrected chi connectivity index (χ2v) is 6.16. The number of rotatable bonds is 4. The molecule has 6 nitrogen and oxygen atoms in total. The Morgan fingerprint density at radius 1 is 1.15 bits per heavy atom. The minimum absolute atomic E-state index is 0.0169. The molecular weight excluding hydrogens is 406 g/mol. The Kier molecular flexibility index (Phi) is 5.33. The molecule has 1 N–H and O–H groups in total. The largest absolute Gasteiger partial charge is 0.433 e. The van der Waals surface area contributed by atoms with Crippen LogP contribution < -0.4 is 5.32 Å². The lowest BCUT2D eigenvalue weighted by Crippen LogP contribution is -2.26. The number of carbonyl (C=O) groups excluding carboxylic acids is 1. The molecule has 0 fully saturated rings. The standard InChI is InChI=1S/C16H10Cl2F3N5O/c17-10-5-11(18)14(23-8-10)26-12(3-4-25-26)15(27)24-7-9-1-2-13(22-6-9)16(19,20)21/h1-6,8H,7H2,(H,24,27). The smallest absolute Gasteiger partial charge is 0.347 e. The lowest BCUT2D eigenvalue weighted by Gasteiger charge is -2.10. The zero-order chi connectivity index (χ0) is 19.6. The highest BCUT2D eigenvalue weighted by molar-refractivity contribution is 6.35. The maximum absolute atomic E-state index is 12.5. The van der Waals surface area contributed by atoms with Crippen LogP contribution in [0.5, 0.6) is 0 Å². The van der Waals surface area contributed by atoms with Gasteiger partial charge in [0, 0.05) is 18.9 Å². The molecular formula is C16H10Cl2F3N5O. The third-order valence-corrected chi connectivity index (χ3v) is 3.92. The van der Waals surface area contributed by atoms with Crippen molar-refractivity contribution in [2.24, 2.45) is 0 Å². The van der Waals surface area contributed by atoms with E-state index in [2.05, 4.69) is 20.4 Å². The van der Waals surface area contributed by atoms with Crippen LogP contribution in [-0.4, -0.2) is 25.7 Å². The van der Waals surface area contributed by atoms with Gasteiger partial charge in [-0.3, -0.25) is 9.78 Å². The molecule has 3 rings (SSSR count). The molecule has 0 saturated carbocycles. The van der Waals surface area contributed by atoms with Crippen LogP contribution in [0.4, 0.5) is 13.2 Å². The van der Waals surface area contributed by atoms with E-state index in [0.717, 1.165) is 12.3 Å². The summed E-state index contributed by atoms with van der Waals surface area (Å²) < 4.78 is 38.8. The van der Waals surface area contributed by atoms with Crippen molar-refractivity contribution in [1.82, 2.24) is 25.1 Å². The number of halogens is 5. The van der Waals surface area contributed by atoms with Crippen molar-refractivity contribution in [2.45, 2.75) is 12.7 Å². The first-order valence-corrected chi connectivity index (χ1v) is 8.17. The van der Waals surface area contributed by atoms with Crippen LogP contribution in [0.25, 0.3) is 5.82 Å². The summed E-state index contributed by atoms with van der Waals surface area (Å²) in [5, 5.41) is 7.13. The Bertz CT molecular complexity index is 973. The fourth-order valence-corrected chi connectivity index (χ4v) is 2.64. The average Bonchev–Trinajstić information content (AvgIpc) is 3.09. The van der Waals surface area contributed by atoms with Gasteiger partial charge in [0.05, 0.1) is 16.2 Å². The van der Waals surface area contributed by atoms with E-state index in [9.17, 15) is 18.0 Å². The Balaban J connectivity index is 1.73. The molecule has 140 valence electrons. The molecule has 3 heterocycles. The van der Waals surface area contributed by atoms with Crippen molar-refractivity contribution >= 4 is 29.1 Å². The summed E-state index contributed by atoms with van der Waals surface area (Å²) in [4.78, 5) is 19.8. The SMILES string of the molecule is O=C(NCc1ccc(C(F)(F)F)nc1)c1ccnn1-c1ncc(Cl)cc1Cl. The van der Waals surface area contributed by atoms with Gasteiger partial charge in [-0.25, -0.2) is 9.67 Å². The summed E-state index contributed by atoms with van der Waals surface area (Å²) in [5.41, 5.74) is -0.448. The molecule has 0 atom stereocenters. The van der Waals surface area contributed by atoms with Gasteiger partial charge >= 0.3 is 6.18 Å². The van der Waals surface area contributed by atoms with Crippen LogP contribution in [0.3, 0.4) is 0 Å². The molecule has 0 aliphatic heterocycles. The lowest BCUT2D eigenvalue weighted by atomic mass is 10.2. The number of hydrogen-bond acceptors (Lipinski definition) is 4. The van der Waals surface area contributed by atoms with Crippen molar-refractivity contribution in [3.63, 3.8) is 0 Å². The number of nitrogens with zero attached hydrogens (tertiary/aromatic N) is 4. The number of aromatic nitrogens is 4. The number of amides is 1. The predicted molar refractivity (Wildman–Crippen MR) is 91.8 cm³/mol. The number of pyridine rings is 2. The number of nitrogens with one attached hydrogen (secondary N) is 1. The molecule has 0 spiro atoms. The van der Waals surface area contributed by atoms with Gasteiger partial charge in [0.25, 0.3) is 5.91 Å². The summed E-state index contributed by atoms with van der Waals surface area (Å²) in [7, 11) is 0. The normalized spacial score (nSPS) is 11.4. The summed E-state index contributed by atoms with van der Waals surface area (Å²) in [6.07, 6.45) is -0.710. The number of hydrogen-bond donors (Lipinski definition) is 1. The maximum Gasteiger partial charge on any atom is 0.433 e. The first-order chi connectivity index (χ1) is 12.8. The van der Waals surface area contributed by atoms with Gasteiger partial charge in [-0.2, -0.15) is 18.3 Å². The molecule has 11 heteroatoms. The highest BCUT2D eigenvalue weighted by Crippen LogP contribution is 2.27. The summed E-state index contributed by atoms with van der Waals surface area (Å²) in [6, 6.07) is 5.00. The fourth-order valence-electron chi connectivity index (χ4n) is 2.18. The minimum Gasteiger partial charge on any atom is -0.347 e. The molecule has 0 radical (unpaired) electrons. The summed E-state index contributed by atoms with van der Waals surface area (Å²) in [6.45, 7) is -0.0169. The quantitative estimate of drug-likeness (QED) is 0.700. The van der Waals surface area contributed by atoms with Crippen molar-refractivity contribution < 1.29 is 18.0 Å². The Labute approximate surface area is 161 Å². The van der Waals surface area contributed by atoms with Gasteiger partial charge in [-0.1, -0.05) is 29.3 Å². The van der Waals surface area contributed by atoms with Gasteiger partial charge in [0.15, 0.2) is 5.82 Å². The molecule has 27 heavy (non-hydrogen) atoms.